The van der Waals surface area contributed by atoms with Gasteiger partial charge in [-0.05, 0) is 13.3 Å². The van der Waals surface area contributed by atoms with E-state index in [4.69, 9.17) is 9.47 Å². The molecular formula is C11H17N3O2. The van der Waals surface area contributed by atoms with Crippen LogP contribution in [0.25, 0.3) is 0 Å². The molecular weight excluding hydrogens is 206 g/mol. The molecule has 1 aliphatic rings. The highest BCUT2D eigenvalue weighted by Gasteiger charge is 2.22. The molecule has 2 atom stereocenters. The second kappa shape index (κ2) is 5.12. The molecule has 2 rings (SSSR count). The van der Waals surface area contributed by atoms with E-state index < -0.39 is 0 Å². The third-order valence-electron chi connectivity index (χ3n) is 2.89. The number of hydrogen-bond acceptors (Lipinski definition) is 5. The lowest BCUT2D eigenvalue weighted by Gasteiger charge is -2.18. The van der Waals surface area contributed by atoms with Crippen LogP contribution in [0.5, 0.6) is 5.75 Å². The first-order valence-electron chi connectivity index (χ1n) is 5.50. The topological polar surface area (TPSA) is 56.3 Å². The summed E-state index contributed by atoms with van der Waals surface area (Å²) < 4.78 is 10.4. The Morgan fingerprint density at radius 2 is 2.25 bits per heavy atom. The number of anilines is 1. The minimum Gasteiger partial charge on any atom is -0.494 e. The van der Waals surface area contributed by atoms with Crippen LogP contribution in [0.2, 0.25) is 0 Å². The Bertz CT molecular complexity index is 323. The van der Waals surface area contributed by atoms with E-state index in [9.17, 15) is 0 Å². The summed E-state index contributed by atoms with van der Waals surface area (Å²) in [6.07, 6.45) is 4.42. The minimum absolute atomic E-state index is 0.330. The lowest BCUT2D eigenvalue weighted by atomic mass is 10.0. The highest BCUT2D eigenvalue weighted by molar-refractivity contribution is 5.28. The van der Waals surface area contributed by atoms with Gasteiger partial charge in [-0.25, -0.2) is 9.97 Å². The molecule has 1 aliphatic heterocycles. The van der Waals surface area contributed by atoms with Gasteiger partial charge in [0.15, 0.2) is 5.75 Å². The van der Waals surface area contributed by atoms with E-state index in [0.717, 1.165) is 19.6 Å². The highest BCUT2D eigenvalue weighted by Crippen LogP contribution is 2.19. The van der Waals surface area contributed by atoms with Crippen LogP contribution >= 0.6 is 0 Å². The van der Waals surface area contributed by atoms with Crippen LogP contribution in [-0.2, 0) is 4.74 Å². The van der Waals surface area contributed by atoms with Crippen molar-refractivity contribution in [3.63, 3.8) is 0 Å². The molecule has 1 N–H and O–H groups in total. The zero-order valence-corrected chi connectivity index (χ0v) is 9.64. The van der Waals surface area contributed by atoms with Gasteiger partial charge >= 0.3 is 0 Å². The number of nitrogens with zero attached hydrogens (tertiary/aromatic N) is 2. The van der Waals surface area contributed by atoms with Crippen LogP contribution in [0.15, 0.2) is 12.4 Å². The fourth-order valence-corrected chi connectivity index (χ4v) is 1.76. The molecule has 2 heterocycles. The Labute approximate surface area is 95.2 Å². The summed E-state index contributed by atoms with van der Waals surface area (Å²) in [7, 11) is 1.60. The summed E-state index contributed by atoms with van der Waals surface area (Å²) in [5.74, 6) is 1.85. The van der Waals surface area contributed by atoms with Crippen molar-refractivity contribution in [3.8, 4) is 5.75 Å². The molecule has 1 aromatic rings. The Morgan fingerprint density at radius 1 is 1.50 bits per heavy atom. The summed E-state index contributed by atoms with van der Waals surface area (Å²) in [6, 6.07) is 0.330. The second-order valence-corrected chi connectivity index (χ2v) is 4.00. The molecule has 5 heteroatoms. The Kier molecular flexibility index (Phi) is 3.56. The normalized spacial score (nSPS) is 21.8. The van der Waals surface area contributed by atoms with Crippen LogP contribution in [0.1, 0.15) is 13.3 Å². The lowest BCUT2D eigenvalue weighted by Crippen LogP contribution is -2.27. The molecule has 1 fully saturated rings. The first-order valence-corrected chi connectivity index (χ1v) is 5.50. The first-order chi connectivity index (χ1) is 7.79. The largest absolute Gasteiger partial charge is 0.494 e. The predicted octanol–water partition coefficient (Wildman–Crippen LogP) is 1.32. The Hall–Kier alpha value is -1.36. The molecule has 1 aromatic heterocycles. The molecule has 2 unspecified atom stereocenters. The molecule has 16 heavy (non-hydrogen) atoms. The van der Waals surface area contributed by atoms with E-state index >= 15 is 0 Å². The molecule has 0 spiro atoms. The van der Waals surface area contributed by atoms with Crippen molar-refractivity contribution >= 4 is 5.95 Å². The third kappa shape index (κ3) is 2.61. The van der Waals surface area contributed by atoms with E-state index in [1.54, 1.807) is 19.5 Å². The van der Waals surface area contributed by atoms with Gasteiger partial charge in [0, 0.05) is 18.6 Å². The summed E-state index contributed by atoms with van der Waals surface area (Å²) in [5, 5.41) is 3.28. The average Bonchev–Trinajstić information content (AvgIpc) is 2.83. The van der Waals surface area contributed by atoms with Gasteiger partial charge in [-0.2, -0.15) is 0 Å². The smallest absolute Gasteiger partial charge is 0.223 e. The van der Waals surface area contributed by atoms with E-state index in [1.807, 2.05) is 0 Å². The summed E-state index contributed by atoms with van der Waals surface area (Å²) in [5.41, 5.74) is 0. The SMILES string of the molecule is COc1cnc(NC(C)C2CCOC2)nc1. The van der Waals surface area contributed by atoms with Crippen LogP contribution in [0.3, 0.4) is 0 Å². The highest BCUT2D eigenvalue weighted by atomic mass is 16.5. The van der Waals surface area contributed by atoms with Crippen LogP contribution in [-0.4, -0.2) is 36.3 Å². The van der Waals surface area contributed by atoms with E-state index in [1.165, 1.54) is 0 Å². The van der Waals surface area contributed by atoms with E-state index in [2.05, 4.69) is 22.2 Å². The maximum atomic E-state index is 5.35. The number of nitrogens with one attached hydrogen (secondary N) is 1. The van der Waals surface area contributed by atoms with Gasteiger partial charge in [0.05, 0.1) is 26.1 Å². The standard InChI is InChI=1S/C11H17N3O2/c1-8(9-3-4-16-7-9)14-11-12-5-10(15-2)6-13-11/h5-6,8-9H,3-4,7H2,1-2H3,(H,12,13,14). The van der Waals surface area contributed by atoms with Gasteiger partial charge in [-0.15, -0.1) is 0 Å². The van der Waals surface area contributed by atoms with Crippen LogP contribution in [0.4, 0.5) is 5.95 Å². The molecule has 0 amide bonds. The van der Waals surface area contributed by atoms with Gasteiger partial charge in [0.25, 0.3) is 0 Å². The Morgan fingerprint density at radius 3 is 2.81 bits per heavy atom. The van der Waals surface area contributed by atoms with Crippen molar-refractivity contribution in [2.75, 3.05) is 25.6 Å². The minimum atomic E-state index is 0.330. The second-order valence-electron chi connectivity index (χ2n) is 4.00. The van der Waals surface area contributed by atoms with Gasteiger partial charge in [0.1, 0.15) is 0 Å². The number of rotatable bonds is 4. The summed E-state index contributed by atoms with van der Waals surface area (Å²) in [4.78, 5) is 8.35. The van der Waals surface area contributed by atoms with Gasteiger partial charge < -0.3 is 14.8 Å². The van der Waals surface area contributed by atoms with E-state index in [0.29, 0.717) is 23.7 Å². The van der Waals surface area contributed by atoms with Crippen molar-refractivity contribution in [2.45, 2.75) is 19.4 Å². The number of hydrogen-bond donors (Lipinski definition) is 1. The Balaban J connectivity index is 1.92. The predicted molar refractivity (Wildman–Crippen MR) is 60.6 cm³/mol. The van der Waals surface area contributed by atoms with Crippen LogP contribution < -0.4 is 10.1 Å². The molecule has 0 aromatic carbocycles. The zero-order valence-electron chi connectivity index (χ0n) is 9.64. The monoisotopic (exact) mass is 223 g/mol. The molecule has 5 nitrogen and oxygen atoms in total. The quantitative estimate of drug-likeness (QED) is 0.834. The molecule has 0 saturated carbocycles. The number of ether oxygens (including phenoxy) is 2. The van der Waals surface area contributed by atoms with Crippen molar-refractivity contribution < 1.29 is 9.47 Å². The molecule has 1 saturated heterocycles. The average molecular weight is 223 g/mol. The first kappa shape index (κ1) is 11.1. The summed E-state index contributed by atoms with van der Waals surface area (Å²) >= 11 is 0. The summed E-state index contributed by atoms with van der Waals surface area (Å²) in [6.45, 7) is 3.82. The van der Waals surface area contributed by atoms with Crippen molar-refractivity contribution in [1.29, 1.82) is 0 Å². The molecule has 0 bridgehead atoms. The van der Waals surface area contributed by atoms with Gasteiger partial charge in [-0.3, -0.25) is 0 Å². The molecule has 88 valence electrons. The maximum Gasteiger partial charge on any atom is 0.223 e. The zero-order chi connectivity index (χ0) is 11.4. The van der Waals surface area contributed by atoms with Crippen molar-refractivity contribution in [1.82, 2.24) is 9.97 Å². The van der Waals surface area contributed by atoms with Gasteiger partial charge in [0.2, 0.25) is 5.95 Å². The fraction of sp³-hybridized carbons (Fsp3) is 0.636. The maximum absolute atomic E-state index is 5.35. The third-order valence-corrected chi connectivity index (χ3v) is 2.89. The number of aromatic nitrogens is 2. The van der Waals surface area contributed by atoms with Gasteiger partial charge in [-0.1, -0.05) is 0 Å². The number of methoxy groups -OCH3 is 1. The van der Waals surface area contributed by atoms with Crippen molar-refractivity contribution in [2.24, 2.45) is 5.92 Å². The van der Waals surface area contributed by atoms with Crippen LogP contribution in [0, 0.1) is 5.92 Å². The lowest BCUT2D eigenvalue weighted by molar-refractivity contribution is 0.183. The fourth-order valence-electron chi connectivity index (χ4n) is 1.76. The molecule has 0 aliphatic carbocycles. The molecule has 0 radical (unpaired) electrons. The van der Waals surface area contributed by atoms with Crippen molar-refractivity contribution in [3.05, 3.63) is 12.4 Å². The van der Waals surface area contributed by atoms with E-state index in [-0.39, 0.29) is 0 Å².